The number of hydrogen-bond donors (Lipinski definition) is 1. The fourth-order valence-electron chi connectivity index (χ4n) is 2.88. The van der Waals surface area contributed by atoms with Crippen LogP contribution < -0.4 is 5.32 Å². The quantitative estimate of drug-likeness (QED) is 0.819. The number of hydrogen-bond acceptors (Lipinski definition) is 4. The van der Waals surface area contributed by atoms with Crippen LogP contribution in [0.4, 0.5) is 5.69 Å². The minimum absolute atomic E-state index is 0.0428. The molecule has 126 valence electrons. The molecule has 1 atom stereocenters. The second kappa shape index (κ2) is 8.67. The van der Waals surface area contributed by atoms with Crippen molar-refractivity contribution in [2.45, 2.75) is 33.1 Å². The van der Waals surface area contributed by atoms with Crippen LogP contribution in [0.5, 0.6) is 0 Å². The third-order valence-electron chi connectivity index (χ3n) is 4.14. The first-order chi connectivity index (χ1) is 11.1. The average Bonchev–Trinajstić information content (AvgIpc) is 2.56. The molecule has 0 aromatic heterocycles. The molecule has 1 N–H and O–H groups in total. The van der Waals surface area contributed by atoms with Gasteiger partial charge in [-0.25, -0.2) is 0 Å². The van der Waals surface area contributed by atoms with E-state index in [1.165, 1.54) is 5.56 Å². The van der Waals surface area contributed by atoms with Gasteiger partial charge in [0.25, 0.3) is 0 Å². The fourth-order valence-corrected chi connectivity index (χ4v) is 2.88. The number of benzene rings is 1. The number of nitrogens with one attached hydrogen (secondary N) is 1. The number of aryl methyl sites for hydroxylation is 1. The molecule has 0 unspecified atom stereocenters. The van der Waals surface area contributed by atoms with Gasteiger partial charge in [0.15, 0.2) is 0 Å². The molecule has 2 rings (SSSR count). The predicted molar refractivity (Wildman–Crippen MR) is 90.2 cm³/mol. The highest BCUT2D eigenvalue weighted by Crippen LogP contribution is 2.18. The van der Waals surface area contributed by atoms with Crippen molar-refractivity contribution >= 4 is 17.6 Å². The van der Waals surface area contributed by atoms with E-state index in [9.17, 15) is 9.59 Å². The van der Waals surface area contributed by atoms with Gasteiger partial charge in [-0.1, -0.05) is 19.1 Å². The maximum absolute atomic E-state index is 12.2. The molecule has 1 saturated heterocycles. The maximum atomic E-state index is 12.2. The molecular weight excluding hydrogens is 292 g/mol. The van der Waals surface area contributed by atoms with Crippen LogP contribution in [0.2, 0.25) is 0 Å². The summed E-state index contributed by atoms with van der Waals surface area (Å²) in [5, 5.41) is 2.91. The summed E-state index contributed by atoms with van der Waals surface area (Å²) in [6.45, 7) is 6.08. The summed E-state index contributed by atoms with van der Waals surface area (Å²) in [5.41, 5.74) is 2.06. The van der Waals surface area contributed by atoms with E-state index in [1.807, 2.05) is 36.1 Å². The number of piperidine rings is 1. The molecule has 0 spiro atoms. The van der Waals surface area contributed by atoms with Crippen molar-refractivity contribution in [2.75, 3.05) is 31.6 Å². The molecule has 1 aromatic carbocycles. The van der Waals surface area contributed by atoms with Crippen molar-refractivity contribution in [1.82, 2.24) is 4.90 Å². The standard InChI is InChI=1S/C18H26N2O3/c1-3-14-7-9-16(10-8-14)19-17(21)13-20-11-5-6-15(12-20)18(22)23-4-2/h7-10,15H,3-6,11-13H2,1-2H3,(H,19,21)/t15-/m1/s1. The largest absolute Gasteiger partial charge is 0.466 e. The van der Waals surface area contributed by atoms with E-state index in [4.69, 9.17) is 4.74 Å². The van der Waals surface area contributed by atoms with E-state index >= 15 is 0 Å². The van der Waals surface area contributed by atoms with Crippen LogP contribution in [0.15, 0.2) is 24.3 Å². The lowest BCUT2D eigenvalue weighted by atomic mass is 9.98. The summed E-state index contributed by atoms with van der Waals surface area (Å²) in [5.74, 6) is -0.299. The average molecular weight is 318 g/mol. The number of amides is 1. The summed E-state index contributed by atoms with van der Waals surface area (Å²) in [6, 6.07) is 7.89. The van der Waals surface area contributed by atoms with Crippen molar-refractivity contribution in [1.29, 1.82) is 0 Å². The van der Waals surface area contributed by atoms with E-state index in [0.717, 1.165) is 31.5 Å². The Kier molecular flexibility index (Phi) is 6.59. The Balaban J connectivity index is 1.83. The second-order valence-electron chi connectivity index (χ2n) is 5.92. The lowest BCUT2D eigenvalue weighted by Crippen LogP contribution is -2.43. The van der Waals surface area contributed by atoms with E-state index in [1.54, 1.807) is 0 Å². The number of likely N-dealkylation sites (tertiary alicyclic amines) is 1. The van der Waals surface area contributed by atoms with Crippen LogP contribution in [0.1, 0.15) is 32.3 Å². The molecule has 0 radical (unpaired) electrons. The molecule has 1 heterocycles. The molecule has 23 heavy (non-hydrogen) atoms. The highest BCUT2D eigenvalue weighted by molar-refractivity contribution is 5.92. The van der Waals surface area contributed by atoms with Gasteiger partial charge in [0.2, 0.25) is 5.91 Å². The number of carbonyl (C=O) groups is 2. The van der Waals surface area contributed by atoms with Gasteiger partial charge in [-0.15, -0.1) is 0 Å². The zero-order chi connectivity index (χ0) is 16.7. The smallest absolute Gasteiger partial charge is 0.310 e. The topological polar surface area (TPSA) is 58.6 Å². The molecule has 0 saturated carbocycles. The Morgan fingerprint density at radius 3 is 2.65 bits per heavy atom. The third kappa shape index (κ3) is 5.36. The zero-order valence-corrected chi connectivity index (χ0v) is 14.0. The van der Waals surface area contributed by atoms with Crippen molar-refractivity contribution in [3.63, 3.8) is 0 Å². The number of nitrogens with zero attached hydrogens (tertiary/aromatic N) is 1. The van der Waals surface area contributed by atoms with Crippen LogP contribution in [0, 0.1) is 5.92 Å². The van der Waals surface area contributed by atoms with E-state index in [-0.39, 0.29) is 17.8 Å². The van der Waals surface area contributed by atoms with Crippen LogP contribution in [-0.2, 0) is 20.7 Å². The minimum Gasteiger partial charge on any atom is -0.466 e. The Morgan fingerprint density at radius 1 is 1.26 bits per heavy atom. The van der Waals surface area contributed by atoms with Gasteiger partial charge < -0.3 is 10.1 Å². The normalized spacial score (nSPS) is 18.4. The van der Waals surface area contributed by atoms with E-state index in [2.05, 4.69) is 12.2 Å². The van der Waals surface area contributed by atoms with Gasteiger partial charge in [0.1, 0.15) is 0 Å². The van der Waals surface area contributed by atoms with Gasteiger partial charge in [-0.05, 0) is 50.4 Å². The first-order valence-electron chi connectivity index (χ1n) is 8.40. The Hall–Kier alpha value is -1.88. The number of rotatable bonds is 6. The van der Waals surface area contributed by atoms with Crippen LogP contribution in [0.25, 0.3) is 0 Å². The zero-order valence-electron chi connectivity index (χ0n) is 14.0. The summed E-state index contributed by atoms with van der Waals surface area (Å²) in [4.78, 5) is 26.0. The van der Waals surface area contributed by atoms with Crippen LogP contribution in [0.3, 0.4) is 0 Å². The Morgan fingerprint density at radius 2 is 2.00 bits per heavy atom. The lowest BCUT2D eigenvalue weighted by Gasteiger charge is -2.30. The van der Waals surface area contributed by atoms with Gasteiger partial charge in [0, 0.05) is 12.2 Å². The van der Waals surface area contributed by atoms with Crippen molar-refractivity contribution in [3.8, 4) is 0 Å². The molecular formula is C18H26N2O3. The molecule has 5 nitrogen and oxygen atoms in total. The van der Waals surface area contributed by atoms with E-state index < -0.39 is 0 Å². The number of esters is 1. The highest BCUT2D eigenvalue weighted by atomic mass is 16.5. The van der Waals surface area contributed by atoms with Gasteiger partial charge in [-0.3, -0.25) is 14.5 Å². The van der Waals surface area contributed by atoms with Gasteiger partial charge >= 0.3 is 5.97 Å². The first kappa shape index (κ1) is 17.5. The van der Waals surface area contributed by atoms with Crippen molar-refractivity contribution < 1.29 is 14.3 Å². The van der Waals surface area contributed by atoms with Crippen molar-refractivity contribution in [3.05, 3.63) is 29.8 Å². The van der Waals surface area contributed by atoms with E-state index in [0.29, 0.717) is 19.7 Å². The second-order valence-corrected chi connectivity index (χ2v) is 5.92. The fraction of sp³-hybridized carbons (Fsp3) is 0.556. The summed E-state index contributed by atoms with van der Waals surface area (Å²) in [6.07, 6.45) is 2.74. The minimum atomic E-state index is -0.146. The molecule has 1 aromatic rings. The monoisotopic (exact) mass is 318 g/mol. The molecule has 1 fully saturated rings. The molecule has 5 heteroatoms. The maximum Gasteiger partial charge on any atom is 0.310 e. The highest BCUT2D eigenvalue weighted by Gasteiger charge is 2.27. The predicted octanol–water partition coefficient (Wildman–Crippen LogP) is 2.46. The Bertz CT molecular complexity index is 528. The van der Waals surface area contributed by atoms with Crippen LogP contribution in [-0.4, -0.2) is 43.0 Å². The van der Waals surface area contributed by atoms with Gasteiger partial charge in [0.05, 0.1) is 19.1 Å². The van der Waals surface area contributed by atoms with Gasteiger partial charge in [-0.2, -0.15) is 0 Å². The molecule has 1 aliphatic heterocycles. The van der Waals surface area contributed by atoms with Crippen LogP contribution >= 0.6 is 0 Å². The third-order valence-corrected chi connectivity index (χ3v) is 4.14. The number of carbonyl (C=O) groups excluding carboxylic acids is 2. The summed E-state index contributed by atoms with van der Waals surface area (Å²) in [7, 11) is 0. The molecule has 0 bridgehead atoms. The first-order valence-corrected chi connectivity index (χ1v) is 8.40. The van der Waals surface area contributed by atoms with Crippen molar-refractivity contribution in [2.24, 2.45) is 5.92 Å². The SMILES string of the molecule is CCOC(=O)[C@@H]1CCCN(CC(=O)Nc2ccc(CC)cc2)C1. The Labute approximate surface area is 138 Å². The molecule has 1 aliphatic rings. The molecule has 1 amide bonds. The molecule has 0 aliphatic carbocycles. The number of ether oxygens (including phenoxy) is 1. The summed E-state index contributed by atoms with van der Waals surface area (Å²) >= 11 is 0. The number of anilines is 1. The summed E-state index contributed by atoms with van der Waals surface area (Å²) < 4.78 is 5.09. The lowest BCUT2D eigenvalue weighted by molar-refractivity contribution is -0.150.